The predicted molar refractivity (Wildman–Crippen MR) is 163 cm³/mol. The van der Waals surface area contributed by atoms with Gasteiger partial charge < -0.3 is 14.2 Å². The maximum atomic E-state index is 14.2. The molecule has 4 heterocycles. The molecule has 3 fully saturated rings. The first-order valence-electron chi connectivity index (χ1n) is 14.6. The Morgan fingerprint density at radius 3 is 2.41 bits per heavy atom. The second-order valence-corrected chi connectivity index (χ2v) is 14.6. The number of ether oxygens (including phenoxy) is 1. The third-order valence-corrected chi connectivity index (χ3v) is 10.0. The summed E-state index contributed by atoms with van der Waals surface area (Å²) in [6, 6.07) is 3.55. The third-order valence-electron chi connectivity index (χ3n) is 8.88. The van der Waals surface area contributed by atoms with E-state index in [0.717, 1.165) is 49.1 Å². The normalized spacial score (nSPS) is 24.4. The van der Waals surface area contributed by atoms with Crippen LogP contribution >= 0.6 is 34.8 Å². The summed E-state index contributed by atoms with van der Waals surface area (Å²) in [7, 11) is 1.84. The lowest BCUT2D eigenvalue weighted by molar-refractivity contribution is -0.180. The first-order chi connectivity index (χ1) is 19.3. The maximum absolute atomic E-state index is 14.2. The largest absolute Gasteiger partial charge is 0.367 e. The highest BCUT2D eigenvalue weighted by atomic mass is 35.5. The van der Waals surface area contributed by atoms with Gasteiger partial charge in [0, 0.05) is 51.2 Å². The molecule has 6 rings (SSSR count). The van der Waals surface area contributed by atoms with Crippen molar-refractivity contribution in [2.75, 3.05) is 26.2 Å². The summed E-state index contributed by atoms with van der Waals surface area (Å²) in [6.07, 6.45) is 6.30. The summed E-state index contributed by atoms with van der Waals surface area (Å²) in [4.78, 5) is 18.6. The number of rotatable bonds is 7. The molecule has 2 atom stereocenters. The number of nitrogens with zero attached hydrogens (tertiary/aromatic N) is 6. The van der Waals surface area contributed by atoms with Crippen molar-refractivity contribution in [3.8, 4) is 0 Å². The van der Waals surface area contributed by atoms with E-state index in [-0.39, 0.29) is 23.2 Å². The molecule has 2 aromatic heterocycles. The van der Waals surface area contributed by atoms with Crippen LogP contribution in [0.4, 0.5) is 0 Å². The molecule has 2 unspecified atom stereocenters. The van der Waals surface area contributed by atoms with E-state index in [1.165, 1.54) is 12.8 Å². The SMILES string of the molecule is Cn1c(Cl)c(C(=O)N2CCC(C3CC3)C2Cn2cc(CCN3CC(C)(C)OC(C)(C)C3)nn2)c2cc(Cl)c(Cl)cc21. The number of hydrogen-bond acceptors (Lipinski definition) is 5. The van der Waals surface area contributed by atoms with E-state index in [9.17, 15) is 4.79 Å². The van der Waals surface area contributed by atoms with E-state index in [1.54, 1.807) is 16.7 Å². The Bertz CT molecular complexity index is 1460. The van der Waals surface area contributed by atoms with E-state index in [2.05, 4.69) is 42.9 Å². The van der Waals surface area contributed by atoms with Crippen LogP contribution in [0, 0.1) is 11.8 Å². The van der Waals surface area contributed by atoms with Crippen molar-refractivity contribution < 1.29 is 9.53 Å². The molecule has 8 nitrogen and oxygen atoms in total. The lowest BCUT2D eigenvalue weighted by Crippen LogP contribution is -2.57. The molecule has 0 radical (unpaired) electrons. The molecule has 1 amide bonds. The molecule has 2 aliphatic heterocycles. The molecule has 3 aliphatic rings. The molecule has 1 aliphatic carbocycles. The average Bonchev–Trinajstić information content (AvgIpc) is 3.40. The van der Waals surface area contributed by atoms with E-state index in [4.69, 9.17) is 39.5 Å². The Hall–Kier alpha value is -1.84. The Morgan fingerprint density at radius 2 is 1.73 bits per heavy atom. The summed E-state index contributed by atoms with van der Waals surface area (Å²) < 4.78 is 9.96. The minimum atomic E-state index is -0.180. The maximum Gasteiger partial charge on any atom is 0.257 e. The Balaban J connectivity index is 1.20. The summed E-state index contributed by atoms with van der Waals surface area (Å²) >= 11 is 19.4. The van der Waals surface area contributed by atoms with Crippen molar-refractivity contribution in [3.63, 3.8) is 0 Å². The fourth-order valence-electron chi connectivity index (χ4n) is 7.29. The van der Waals surface area contributed by atoms with Gasteiger partial charge in [-0.25, -0.2) is 0 Å². The van der Waals surface area contributed by atoms with Gasteiger partial charge in [-0.2, -0.15) is 0 Å². The zero-order chi connectivity index (χ0) is 29.3. The van der Waals surface area contributed by atoms with Gasteiger partial charge in [0.25, 0.3) is 5.91 Å². The summed E-state index contributed by atoms with van der Waals surface area (Å²) in [5.74, 6) is 1.03. The van der Waals surface area contributed by atoms with Gasteiger partial charge >= 0.3 is 0 Å². The zero-order valence-electron chi connectivity index (χ0n) is 24.5. The molecule has 1 saturated carbocycles. The fraction of sp³-hybridized carbons (Fsp3) is 0.633. The standard InChI is InChI=1S/C30H39Cl3N6O2/c1-29(2)16-37(17-30(3,4)41-29)10-8-19-14-38(35-34-19)15-25-20(18-6-7-18)9-11-39(25)28(40)26-21-12-22(31)23(32)13-24(21)36(5)27(26)33/h12-14,18,20,25H,6-11,15-17H2,1-5H3. The average molecular weight is 622 g/mol. The smallest absolute Gasteiger partial charge is 0.257 e. The van der Waals surface area contributed by atoms with Gasteiger partial charge in [-0.05, 0) is 70.9 Å². The van der Waals surface area contributed by atoms with Crippen molar-refractivity contribution in [3.05, 3.63) is 44.8 Å². The first-order valence-corrected chi connectivity index (χ1v) is 15.7. The second kappa shape index (κ2) is 10.7. The Kier molecular flexibility index (Phi) is 7.63. The van der Waals surface area contributed by atoms with E-state index in [1.807, 2.05) is 22.8 Å². The van der Waals surface area contributed by atoms with Crippen LogP contribution < -0.4 is 0 Å². The van der Waals surface area contributed by atoms with Gasteiger partial charge in [-0.1, -0.05) is 40.0 Å². The molecule has 3 aromatic rings. The van der Waals surface area contributed by atoms with Gasteiger partial charge in [0.05, 0.1) is 50.6 Å². The van der Waals surface area contributed by atoms with Gasteiger partial charge in [0.15, 0.2) is 0 Å². The molecule has 0 bridgehead atoms. The minimum absolute atomic E-state index is 0.0273. The zero-order valence-corrected chi connectivity index (χ0v) is 26.7. The highest BCUT2D eigenvalue weighted by molar-refractivity contribution is 6.43. The molecule has 1 aromatic carbocycles. The van der Waals surface area contributed by atoms with Gasteiger partial charge in [-0.15, -0.1) is 5.10 Å². The number of carbonyl (C=O) groups is 1. The van der Waals surface area contributed by atoms with E-state index >= 15 is 0 Å². The Morgan fingerprint density at radius 1 is 1.05 bits per heavy atom. The topological polar surface area (TPSA) is 68.4 Å². The number of amides is 1. The number of hydrogen-bond donors (Lipinski definition) is 0. The first kappa shape index (κ1) is 29.2. The van der Waals surface area contributed by atoms with Gasteiger partial charge in [-0.3, -0.25) is 14.4 Å². The third kappa shape index (κ3) is 5.87. The highest BCUT2D eigenvalue weighted by Gasteiger charge is 2.46. The molecule has 0 spiro atoms. The fourth-order valence-corrected chi connectivity index (χ4v) is 7.89. The number of carbonyl (C=O) groups excluding carboxylic acids is 1. The molecule has 222 valence electrons. The van der Waals surface area contributed by atoms with Crippen molar-refractivity contribution in [2.45, 2.75) is 77.2 Å². The van der Waals surface area contributed by atoms with Crippen LogP contribution in [-0.2, 0) is 24.8 Å². The van der Waals surface area contributed by atoms with E-state index in [0.29, 0.717) is 45.7 Å². The molecule has 0 N–H and O–H groups in total. The molecule has 11 heteroatoms. The summed E-state index contributed by atoms with van der Waals surface area (Å²) in [6.45, 7) is 12.6. The quantitative estimate of drug-likeness (QED) is 0.319. The van der Waals surface area contributed by atoms with Crippen LogP contribution in [-0.4, -0.2) is 78.7 Å². The van der Waals surface area contributed by atoms with Crippen molar-refractivity contribution in [1.82, 2.24) is 29.4 Å². The van der Waals surface area contributed by atoms with Crippen LogP contribution in [0.25, 0.3) is 10.9 Å². The van der Waals surface area contributed by atoms with Crippen molar-refractivity contribution in [1.29, 1.82) is 0 Å². The summed E-state index contributed by atoms with van der Waals surface area (Å²) in [5.41, 5.74) is 1.88. The van der Waals surface area contributed by atoms with Crippen LogP contribution in [0.5, 0.6) is 0 Å². The van der Waals surface area contributed by atoms with E-state index < -0.39 is 0 Å². The number of aromatic nitrogens is 4. The number of likely N-dealkylation sites (tertiary alicyclic amines) is 1. The highest BCUT2D eigenvalue weighted by Crippen LogP contribution is 2.46. The monoisotopic (exact) mass is 620 g/mol. The van der Waals surface area contributed by atoms with Crippen LogP contribution in [0.15, 0.2) is 18.3 Å². The number of benzene rings is 1. The minimum Gasteiger partial charge on any atom is -0.367 e. The number of morpholine rings is 1. The van der Waals surface area contributed by atoms with Crippen molar-refractivity contribution in [2.24, 2.45) is 18.9 Å². The molecule has 2 saturated heterocycles. The lowest BCUT2D eigenvalue weighted by Gasteiger charge is -2.47. The van der Waals surface area contributed by atoms with Crippen LogP contribution in [0.2, 0.25) is 15.2 Å². The predicted octanol–water partition coefficient (Wildman–Crippen LogP) is 6.10. The lowest BCUT2D eigenvalue weighted by atomic mass is 9.94. The summed E-state index contributed by atoms with van der Waals surface area (Å²) in [5, 5.41) is 11.0. The number of aryl methyl sites for hydroxylation is 1. The van der Waals surface area contributed by atoms with Gasteiger partial charge in [0.2, 0.25) is 0 Å². The van der Waals surface area contributed by atoms with Gasteiger partial charge in [0.1, 0.15) is 5.15 Å². The van der Waals surface area contributed by atoms with Crippen LogP contribution in [0.3, 0.4) is 0 Å². The molecule has 41 heavy (non-hydrogen) atoms. The molecular formula is C30H39Cl3N6O2. The second-order valence-electron chi connectivity index (χ2n) is 13.4. The van der Waals surface area contributed by atoms with Crippen molar-refractivity contribution >= 4 is 51.6 Å². The number of fused-ring (bicyclic) bond motifs is 1. The molecular weight excluding hydrogens is 583 g/mol. The number of halogens is 3. The Labute approximate surface area is 256 Å². The van der Waals surface area contributed by atoms with Crippen LogP contribution in [0.1, 0.15) is 63.0 Å².